The molecule has 12 rings (SSSR count). The van der Waals surface area contributed by atoms with Crippen LogP contribution < -0.4 is 26.4 Å². The van der Waals surface area contributed by atoms with Crippen molar-refractivity contribution in [3.8, 4) is 11.1 Å². The highest BCUT2D eigenvalue weighted by Gasteiger charge is 2.50. The summed E-state index contributed by atoms with van der Waals surface area (Å²) >= 11 is 0. The zero-order chi connectivity index (χ0) is 52.1. The number of fused-ring (bicyclic) bond motifs is 9. The molecule has 3 aliphatic carbocycles. The molecule has 3 nitrogen and oxygen atoms in total. The number of nitrogens with zero attached hydrogens (tertiary/aromatic N) is 2. The van der Waals surface area contributed by atoms with Crippen molar-refractivity contribution < 1.29 is 4.42 Å². The number of rotatable bonds is 3. The highest BCUT2D eigenvalue weighted by atomic mass is 16.3. The third kappa shape index (κ3) is 7.17. The van der Waals surface area contributed by atoms with Crippen LogP contribution in [0.5, 0.6) is 0 Å². The normalized spacial score (nSPS) is 20.2. The molecule has 3 heterocycles. The molecule has 0 saturated heterocycles. The van der Waals surface area contributed by atoms with Crippen molar-refractivity contribution in [3.05, 3.63) is 147 Å². The van der Waals surface area contributed by atoms with Crippen molar-refractivity contribution in [2.75, 3.05) is 9.80 Å². The maximum absolute atomic E-state index is 7.80. The molecule has 0 amide bonds. The van der Waals surface area contributed by atoms with Crippen LogP contribution in [0.3, 0.4) is 0 Å². The summed E-state index contributed by atoms with van der Waals surface area (Å²) < 4.78 is 7.80. The van der Waals surface area contributed by atoms with E-state index >= 15 is 0 Å². The lowest BCUT2D eigenvalue weighted by atomic mass is 9.35. The van der Waals surface area contributed by atoms with Crippen LogP contribution in [0.2, 0.25) is 0 Å². The van der Waals surface area contributed by atoms with Crippen molar-refractivity contribution in [3.63, 3.8) is 0 Å². The number of aryl methyl sites for hydroxylation is 3. The molecule has 7 aromatic rings. The summed E-state index contributed by atoms with van der Waals surface area (Å²) in [5.41, 5.74) is 29.0. The Morgan fingerprint density at radius 3 is 1.48 bits per heavy atom. The lowest BCUT2D eigenvalue weighted by molar-refractivity contribution is 0.332. The van der Waals surface area contributed by atoms with E-state index in [1.165, 1.54) is 124 Å². The minimum atomic E-state index is -0.143. The fourth-order valence-electron chi connectivity index (χ4n) is 14.8. The van der Waals surface area contributed by atoms with Gasteiger partial charge in [0.05, 0.1) is 11.3 Å². The quantitative estimate of drug-likeness (QED) is 0.165. The molecule has 73 heavy (non-hydrogen) atoms. The fraction of sp³-hybridized carbons (Fsp3) is 0.449. The van der Waals surface area contributed by atoms with Crippen LogP contribution >= 0.6 is 0 Å². The highest BCUT2D eigenvalue weighted by Crippen LogP contribution is 2.56. The maximum atomic E-state index is 7.80. The molecule has 0 fully saturated rings. The summed E-state index contributed by atoms with van der Waals surface area (Å²) in [4.78, 5) is 5.34. The van der Waals surface area contributed by atoms with E-state index in [2.05, 4.69) is 225 Å². The first kappa shape index (κ1) is 48.5. The zero-order valence-corrected chi connectivity index (χ0v) is 47.8. The van der Waals surface area contributed by atoms with E-state index in [4.69, 9.17) is 4.42 Å². The molecule has 0 saturated carbocycles. The molecule has 376 valence electrons. The Hall–Kier alpha value is -5.48. The summed E-state index contributed by atoms with van der Waals surface area (Å²) in [7, 11) is 0. The van der Waals surface area contributed by atoms with Crippen molar-refractivity contribution in [2.45, 2.75) is 201 Å². The molecule has 0 spiro atoms. The lowest BCUT2D eigenvalue weighted by Gasteiger charge is -2.47. The Morgan fingerprint density at radius 1 is 0.466 bits per heavy atom. The van der Waals surface area contributed by atoms with Crippen LogP contribution in [0.25, 0.3) is 22.1 Å². The summed E-state index contributed by atoms with van der Waals surface area (Å²) in [5.74, 6) is 0. The third-order valence-corrected chi connectivity index (χ3v) is 19.7. The van der Waals surface area contributed by atoms with Crippen LogP contribution in [-0.4, -0.2) is 6.71 Å². The Labute approximate surface area is 439 Å². The van der Waals surface area contributed by atoms with Crippen molar-refractivity contribution in [2.24, 2.45) is 0 Å². The van der Waals surface area contributed by atoms with Gasteiger partial charge in [-0.25, -0.2) is 0 Å². The predicted molar refractivity (Wildman–Crippen MR) is 314 cm³/mol. The van der Waals surface area contributed by atoms with Gasteiger partial charge in [-0.15, -0.1) is 0 Å². The highest BCUT2D eigenvalue weighted by molar-refractivity contribution is 7.00. The first-order chi connectivity index (χ1) is 34.0. The van der Waals surface area contributed by atoms with Crippen molar-refractivity contribution >= 4 is 68.4 Å². The molecule has 1 aromatic heterocycles. The number of hydrogen-bond acceptors (Lipinski definition) is 3. The molecular formula is C69H81BN2O. The largest absolute Gasteiger partial charge is 0.468 e. The second kappa shape index (κ2) is 15.3. The monoisotopic (exact) mass is 965 g/mol. The van der Waals surface area contributed by atoms with Crippen molar-refractivity contribution in [1.82, 2.24) is 0 Å². The van der Waals surface area contributed by atoms with Crippen LogP contribution in [0.4, 0.5) is 34.1 Å². The van der Waals surface area contributed by atoms with E-state index in [0.717, 1.165) is 43.3 Å². The number of benzene rings is 6. The Kier molecular flexibility index (Phi) is 10.2. The number of furan rings is 1. The van der Waals surface area contributed by atoms with Gasteiger partial charge < -0.3 is 14.2 Å². The van der Waals surface area contributed by atoms with Gasteiger partial charge in [0, 0.05) is 33.8 Å². The molecule has 0 atom stereocenters. The van der Waals surface area contributed by atoms with E-state index in [1.54, 1.807) is 0 Å². The topological polar surface area (TPSA) is 19.6 Å². The van der Waals surface area contributed by atoms with E-state index in [9.17, 15) is 0 Å². The number of hydrogen-bond donors (Lipinski definition) is 0. The summed E-state index contributed by atoms with van der Waals surface area (Å²) in [5, 5.41) is 1.22. The lowest BCUT2D eigenvalue weighted by Crippen LogP contribution is -2.61. The van der Waals surface area contributed by atoms with E-state index in [1.807, 2.05) is 0 Å². The van der Waals surface area contributed by atoms with Crippen molar-refractivity contribution in [1.29, 1.82) is 0 Å². The molecule has 0 N–H and O–H groups in total. The van der Waals surface area contributed by atoms with Crippen LogP contribution in [0.1, 0.15) is 198 Å². The predicted octanol–water partition coefficient (Wildman–Crippen LogP) is 17.5. The molecule has 5 aliphatic rings. The first-order valence-electron chi connectivity index (χ1n) is 27.9. The Balaban J connectivity index is 1.27. The fourth-order valence-corrected chi connectivity index (χ4v) is 14.8. The standard InChI is InChI=1S/C69H81BN2O/c1-40-31-41(2)59(42(3)32-40)43-33-56-60-57(34-43)72(46-23-24-48-49(35-46)65(9,10)26-25-64(48,7)8)61-47-36-50-53(69(17,18)30-27-66(50,11)12)39-58(47)73-62(61)70(60)54-37-51-52(68(15,16)29-28-67(51,13)14)38-55(54)71(56)45-21-19-44(20-22-45)63(4,5)6/h19-24,31-39H,25-30H2,1-18H3. The SMILES string of the molecule is Cc1cc(C)c(-c2cc3c4c(c2)N(c2ccc5c(c2)C(C)(C)CCC5(C)C)c2c(oc5cc6c(cc25)C(C)(C)CCC6(C)C)B4c2cc4c(cc2N3c2ccc(C(C)(C)C)cc2)C(C)(C)CCC4(C)C)c(C)c1. The minimum Gasteiger partial charge on any atom is -0.468 e. The van der Waals surface area contributed by atoms with Gasteiger partial charge in [0.2, 0.25) is 0 Å². The average molecular weight is 965 g/mol. The van der Waals surface area contributed by atoms with Gasteiger partial charge in [-0.2, -0.15) is 0 Å². The Bertz CT molecular complexity index is 3470. The molecule has 0 unspecified atom stereocenters. The molecule has 4 heteroatoms. The maximum Gasteiger partial charge on any atom is 0.297 e. The summed E-state index contributed by atoms with van der Waals surface area (Å²) in [6, 6.07) is 37.3. The van der Waals surface area contributed by atoms with Gasteiger partial charge in [0.1, 0.15) is 5.58 Å². The van der Waals surface area contributed by atoms with Crippen LogP contribution in [-0.2, 0) is 37.9 Å². The van der Waals surface area contributed by atoms with E-state index in [-0.39, 0.29) is 44.6 Å². The smallest absolute Gasteiger partial charge is 0.297 e. The first-order valence-corrected chi connectivity index (χ1v) is 27.9. The molecule has 0 bridgehead atoms. The van der Waals surface area contributed by atoms with E-state index < -0.39 is 0 Å². The molecule has 0 radical (unpaired) electrons. The zero-order valence-electron chi connectivity index (χ0n) is 47.8. The average Bonchev–Trinajstić information content (AvgIpc) is 3.68. The Morgan fingerprint density at radius 2 is 0.932 bits per heavy atom. The third-order valence-electron chi connectivity index (χ3n) is 19.7. The second-order valence-corrected chi connectivity index (χ2v) is 28.8. The minimum absolute atomic E-state index is 0.0177. The van der Waals surface area contributed by atoms with Gasteiger partial charge in [-0.1, -0.05) is 146 Å². The van der Waals surface area contributed by atoms with Crippen LogP contribution in [0, 0.1) is 20.8 Å². The van der Waals surface area contributed by atoms with E-state index in [0.29, 0.717) is 0 Å². The number of anilines is 6. The van der Waals surface area contributed by atoms with Crippen LogP contribution in [0.15, 0.2) is 95.4 Å². The molecular weight excluding hydrogens is 884 g/mol. The van der Waals surface area contributed by atoms with Gasteiger partial charge in [0.25, 0.3) is 6.71 Å². The summed E-state index contributed by atoms with van der Waals surface area (Å²) in [6.45, 7) is 43.3. The molecule has 2 aliphatic heterocycles. The molecule has 6 aromatic carbocycles. The van der Waals surface area contributed by atoms with Gasteiger partial charge >= 0.3 is 0 Å². The van der Waals surface area contributed by atoms with Gasteiger partial charge in [-0.05, 0) is 224 Å². The van der Waals surface area contributed by atoms with Gasteiger partial charge in [0.15, 0.2) is 0 Å². The van der Waals surface area contributed by atoms with Gasteiger partial charge in [-0.3, -0.25) is 0 Å². The second-order valence-electron chi connectivity index (χ2n) is 28.8. The summed E-state index contributed by atoms with van der Waals surface area (Å²) in [6.07, 6.45) is 6.95.